The number of nitriles is 1. The summed E-state index contributed by atoms with van der Waals surface area (Å²) in [5.74, 6) is -0.332. The van der Waals surface area contributed by atoms with Gasteiger partial charge < -0.3 is 10.4 Å². The maximum absolute atomic E-state index is 12.4. The molecule has 1 aromatic heterocycles. The zero-order valence-electron chi connectivity index (χ0n) is 12.7. The number of nitrogens with zero attached hydrogens (tertiary/aromatic N) is 2. The van der Waals surface area contributed by atoms with Crippen molar-refractivity contribution in [3.05, 3.63) is 60.2 Å². The van der Waals surface area contributed by atoms with E-state index in [2.05, 4.69) is 14.4 Å². The number of sulfonamides is 1. The molecule has 25 heavy (non-hydrogen) atoms. The van der Waals surface area contributed by atoms with Gasteiger partial charge in [-0.3, -0.25) is 4.72 Å². The average molecular weight is 372 g/mol. The predicted octanol–water partition coefficient (Wildman–Crippen LogP) is 3.26. The van der Waals surface area contributed by atoms with E-state index in [4.69, 9.17) is 5.26 Å². The monoisotopic (exact) mass is 372 g/mol. The Kier molecular flexibility index (Phi) is 4.56. The van der Waals surface area contributed by atoms with E-state index in [9.17, 15) is 13.5 Å². The first-order chi connectivity index (χ1) is 12.0. The van der Waals surface area contributed by atoms with Gasteiger partial charge in [0.25, 0.3) is 10.0 Å². The van der Waals surface area contributed by atoms with Crippen LogP contribution in [0.5, 0.6) is 5.88 Å². The van der Waals surface area contributed by atoms with Crippen molar-refractivity contribution in [2.24, 2.45) is 0 Å². The van der Waals surface area contributed by atoms with Gasteiger partial charge >= 0.3 is 0 Å². The Hall–Kier alpha value is -3.09. The van der Waals surface area contributed by atoms with Crippen molar-refractivity contribution in [2.75, 3.05) is 10.0 Å². The van der Waals surface area contributed by atoms with E-state index in [0.29, 0.717) is 16.4 Å². The number of benzene rings is 2. The zero-order chi connectivity index (χ0) is 17.9. The van der Waals surface area contributed by atoms with E-state index in [1.54, 1.807) is 42.5 Å². The van der Waals surface area contributed by atoms with Crippen molar-refractivity contribution in [2.45, 2.75) is 4.90 Å². The first kappa shape index (κ1) is 16.8. The van der Waals surface area contributed by atoms with E-state index in [1.807, 2.05) is 6.07 Å². The average Bonchev–Trinajstić information content (AvgIpc) is 2.95. The van der Waals surface area contributed by atoms with Crippen molar-refractivity contribution in [1.82, 2.24) is 4.37 Å². The Morgan fingerprint density at radius 1 is 1.04 bits per heavy atom. The summed E-state index contributed by atoms with van der Waals surface area (Å²) in [5.41, 5.74) is 1.09. The Bertz CT molecular complexity index is 1020. The molecular weight excluding hydrogens is 360 g/mol. The highest BCUT2D eigenvalue weighted by molar-refractivity contribution is 7.92. The van der Waals surface area contributed by atoms with Crippen molar-refractivity contribution < 1.29 is 13.5 Å². The van der Waals surface area contributed by atoms with Crippen LogP contribution in [0.15, 0.2) is 59.5 Å². The summed E-state index contributed by atoms with van der Waals surface area (Å²) in [6, 6.07) is 16.5. The van der Waals surface area contributed by atoms with Crippen LogP contribution in [0, 0.1) is 11.3 Å². The summed E-state index contributed by atoms with van der Waals surface area (Å²) >= 11 is 0.943. The molecule has 0 aliphatic rings. The van der Waals surface area contributed by atoms with Gasteiger partial charge in [-0.15, -0.1) is 0 Å². The topological polar surface area (TPSA) is 115 Å². The molecular formula is C16H12N4O3S2. The molecule has 3 rings (SSSR count). The van der Waals surface area contributed by atoms with Gasteiger partial charge in [-0.1, -0.05) is 18.2 Å². The molecule has 0 amide bonds. The number of para-hydroxylation sites is 1. The highest BCUT2D eigenvalue weighted by Gasteiger charge is 2.15. The van der Waals surface area contributed by atoms with Gasteiger partial charge in [0, 0.05) is 11.4 Å². The van der Waals surface area contributed by atoms with Gasteiger partial charge in [-0.2, -0.15) is 9.64 Å². The third kappa shape index (κ3) is 3.71. The Morgan fingerprint density at radius 2 is 1.72 bits per heavy atom. The van der Waals surface area contributed by atoms with E-state index < -0.39 is 10.0 Å². The van der Waals surface area contributed by atoms with Crippen LogP contribution in [0.25, 0.3) is 0 Å². The number of anilines is 3. The third-order valence-electron chi connectivity index (χ3n) is 3.23. The lowest BCUT2D eigenvalue weighted by molar-refractivity contribution is 0.458. The van der Waals surface area contributed by atoms with Crippen LogP contribution in [-0.4, -0.2) is 17.9 Å². The summed E-state index contributed by atoms with van der Waals surface area (Å²) in [6.07, 6.45) is 0. The van der Waals surface area contributed by atoms with Gasteiger partial charge in [-0.25, -0.2) is 8.42 Å². The second-order valence-electron chi connectivity index (χ2n) is 4.94. The van der Waals surface area contributed by atoms with Crippen molar-refractivity contribution in [3.8, 4) is 11.9 Å². The highest BCUT2D eigenvalue weighted by atomic mass is 32.2. The number of nitrogens with one attached hydrogen (secondary N) is 2. The fourth-order valence-electron chi connectivity index (χ4n) is 2.04. The molecule has 0 radical (unpaired) electrons. The molecule has 0 fully saturated rings. The van der Waals surface area contributed by atoms with Gasteiger partial charge in [0.15, 0.2) is 5.56 Å². The molecule has 0 saturated carbocycles. The smallest absolute Gasteiger partial charge is 0.261 e. The van der Waals surface area contributed by atoms with Crippen LogP contribution in [0.2, 0.25) is 0 Å². The minimum atomic E-state index is -3.69. The van der Waals surface area contributed by atoms with Crippen LogP contribution in [-0.2, 0) is 10.0 Å². The normalized spacial score (nSPS) is 10.8. The lowest BCUT2D eigenvalue weighted by Gasteiger charge is -2.09. The molecule has 2 aromatic carbocycles. The second-order valence-corrected chi connectivity index (χ2v) is 7.40. The van der Waals surface area contributed by atoms with E-state index in [-0.39, 0.29) is 16.3 Å². The first-order valence-electron chi connectivity index (χ1n) is 7.03. The van der Waals surface area contributed by atoms with Gasteiger partial charge in [0.05, 0.1) is 4.90 Å². The van der Waals surface area contributed by atoms with Crippen LogP contribution in [0.3, 0.4) is 0 Å². The molecule has 0 spiro atoms. The number of aromatic nitrogens is 1. The summed E-state index contributed by atoms with van der Waals surface area (Å²) in [4.78, 5) is 0.106. The Balaban J connectivity index is 1.79. The molecule has 0 unspecified atom stereocenters. The van der Waals surface area contributed by atoms with Crippen LogP contribution < -0.4 is 10.0 Å². The molecule has 9 heteroatoms. The molecule has 7 nitrogen and oxygen atoms in total. The summed E-state index contributed by atoms with van der Waals surface area (Å²) < 4.78 is 30.9. The molecule has 126 valence electrons. The molecule has 0 aliphatic heterocycles. The maximum Gasteiger partial charge on any atom is 0.261 e. The van der Waals surface area contributed by atoms with Crippen LogP contribution in [0.4, 0.5) is 16.4 Å². The summed E-state index contributed by atoms with van der Waals surface area (Å²) in [7, 11) is -3.69. The first-order valence-corrected chi connectivity index (χ1v) is 9.29. The number of hydrogen-bond acceptors (Lipinski definition) is 7. The third-order valence-corrected chi connectivity index (χ3v) is 5.38. The Labute approximate surface area is 148 Å². The molecule has 0 atom stereocenters. The van der Waals surface area contributed by atoms with Crippen molar-refractivity contribution in [1.29, 1.82) is 5.26 Å². The molecule has 3 N–H and O–H groups in total. The van der Waals surface area contributed by atoms with Crippen LogP contribution in [0.1, 0.15) is 5.56 Å². The SMILES string of the molecule is N#Cc1c(O)nsc1Nc1ccc(S(=O)(=O)Nc2ccccc2)cc1. The summed E-state index contributed by atoms with van der Waals surface area (Å²) in [5, 5.41) is 21.8. The number of rotatable bonds is 5. The number of hydrogen-bond donors (Lipinski definition) is 3. The number of aromatic hydroxyl groups is 1. The molecule has 0 saturated heterocycles. The van der Waals surface area contributed by atoms with Crippen LogP contribution >= 0.6 is 11.5 Å². The van der Waals surface area contributed by atoms with Gasteiger partial charge in [0.2, 0.25) is 5.88 Å². The van der Waals surface area contributed by atoms with E-state index in [1.165, 1.54) is 12.1 Å². The largest absolute Gasteiger partial charge is 0.492 e. The molecule has 1 heterocycles. The van der Waals surface area contributed by atoms with Gasteiger partial charge in [-0.05, 0) is 47.9 Å². The fourth-order valence-corrected chi connectivity index (χ4v) is 3.76. The van der Waals surface area contributed by atoms with E-state index in [0.717, 1.165) is 11.5 Å². The molecule has 0 aliphatic carbocycles. The lowest BCUT2D eigenvalue weighted by Crippen LogP contribution is -2.12. The maximum atomic E-state index is 12.4. The minimum absolute atomic E-state index is 0.0486. The second kappa shape index (κ2) is 6.80. The molecule has 3 aromatic rings. The van der Waals surface area contributed by atoms with Crippen molar-refractivity contribution in [3.63, 3.8) is 0 Å². The zero-order valence-corrected chi connectivity index (χ0v) is 14.3. The molecule has 0 bridgehead atoms. The summed E-state index contributed by atoms with van der Waals surface area (Å²) in [6.45, 7) is 0. The standard InChI is InChI=1S/C16H12N4O3S2/c17-10-14-15(21)19-24-16(14)18-11-6-8-13(9-7-11)25(22,23)20-12-4-2-1-3-5-12/h1-9,18,20H,(H,19,21). The quantitative estimate of drug-likeness (QED) is 0.633. The van der Waals surface area contributed by atoms with E-state index >= 15 is 0 Å². The Morgan fingerprint density at radius 3 is 2.36 bits per heavy atom. The minimum Gasteiger partial charge on any atom is -0.492 e. The lowest BCUT2D eigenvalue weighted by atomic mass is 10.3. The van der Waals surface area contributed by atoms with Crippen molar-refractivity contribution >= 4 is 37.9 Å². The highest BCUT2D eigenvalue weighted by Crippen LogP contribution is 2.31. The van der Waals surface area contributed by atoms with Gasteiger partial charge in [0.1, 0.15) is 11.1 Å². The fraction of sp³-hybridized carbons (Fsp3) is 0. The predicted molar refractivity (Wildman–Crippen MR) is 95.5 cm³/mol.